The normalized spacial score (nSPS) is 14.5. The minimum absolute atomic E-state index is 0.0245. The topological polar surface area (TPSA) is 172 Å². The molecule has 0 heterocycles. The van der Waals surface area contributed by atoms with E-state index in [0.717, 1.165) is 6.92 Å². The first-order chi connectivity index (χ1) is 15.2. The van der Waals surface area contributed by atoms with E-state index in [9.17, 15) is 18.9 Å². The third kappa shape index (κ3) is 12.3. The molecule has 0 saturated carbocycles. The van der Waals surface area contributed by atoms with Gasteiger partial charge in [0.2, 0.25) is 18.5 Å². The standard InChI is InChI=1S/C18H34N3O11P/c1-9-26-17(23)28-14(11(3)4)31-33(25,20-16(19)21(8)30-13(7)22)32-15(12(5)6)29-18(24)27-10-2/h11-12,14-15H,9-10H2,1-8H3,(H2,19,20,25). The monoisotopic (exact) mass is 499 g/mol. The molecule has 192 valence electrons. The highest BCUT2D eigenvalue weighted by Gasteiger charge is 2.40. The molecule has 0 aliphatic rings. The highest BCUT2D eigenvalue weighted by molar-refractivity contribution is 7.52. The number of hydrogen-bond acceptors (Lipinski definition) is 12. The summed E-state index contributed by atoms with van der Waals surface area (Å²) in [6, 6.07) is 0. The SMILES string of the molecule is CCOC(=O)OC(OP(=O)(NC(=N)N(C)OC(C)=O)OC(OC(=O)OCC)C(C)C)C(C)C. The van der Waals surface area contributed by atoms with Gasteiger partial charge in [0.05, 0.1) is 13.2 Å². The molecule has 0 aromatic heterocycles. The molecule has 0 saturated heterocycles. The molecule has 0 radical (unpaired) electrons. The van der Waals surface area contributed by atoms with Crippen LogP contribution in [0.5, 0.6) is 0 Å². The molecular formula is C18H34N3O11P. The molecule has 0 rings (SSSR count). The van der Waals surface area contributed by atoms with Gasteiger partial charge in [0.1, 0.15) is 0 Å². The molecule has 0 spiro atoms. The van der Waals surface area contributed by atoms with E-state index in [2.05, 4.69) is 5.09 Å². The van der Waals surface area contributed by atoms with Crippen LogP contribution in [0.4, 0.5) is 9.59 Å². The summed E-state index contributed by atoms with van der Waals surface area (Å²) in [6.45, 7) is 10.7. The third-order valence-corrected chi connectivity index (χ3v) is 4.80. The minimum atomic E-state index is -4.62. The highest BCUT2D eigenvalue weighted by Crippen LogP contribution is 2.48. The molecule has 0 aliphatic heterocycles. The van der Waals surface area contributed by atoms with Crippen LogP contribution in [0, 0.1) is 17.2 Å². The summed E-state index contributed by atoms with van der Waals surface area (Å²) in [5, 5.41) is 10.8. The van der Waals surface area contributed by atoms with E-state index in [1.807, 2.05) is 0 Å². The van der Waals surface area contributed by atoms with Gasteiger partial charge in [-0.2, -0.15) is 5.06 Å². The average Bonchev–Trinajstić information content (AvgIpc) is 2.66. The fourth-order valence-corrected chi connectivity index (χ4v) is 3.52. The predicted octanol–water partition coefficient (Wildman–Crippen LogP) is 3.37. The molecule has 0 bridgehead atoms. The van der Waals surface area contributed by atoms with Crippen LogP contribution in [0.25, 0.3) is 0 Å². The second kappa shape index (κ2) is 14.6. The Morgan fingerprint density at radius 1 is 0.909 bits per heavy atom. The lowest BCUT2D eigenvalue weighted by Gasteiger charge is -2.31. The van der Waals surface area contributed by atoms with Crippen LogP contribution in [0.15, 0.2) is 0 Å². The molecule has 0 aromatic carbocycles. The van der Waals surface area contributed by atoms with Gasteiger partial charge in [-0.25, -0.2) is 14.2 Å². The Morgan fingerprint density at radius 3 is 1.61 bits per heavy atom. The Kier molecular flexibility index (Phi) is 13.4. The van der Waals surface area contributed by atoms with Crippen molar-refractivity contribution in [2.75, 3.05) is 20.3 Å². The summed E-state index contributed by atoms with van der Waals surface area (Å²) in [5.74, 6) is -2.54. The maximum absolute atomic E-state index is 13.6. The number of nitrogens with one attached hydrogen (secondary N) is 2. The Labute approximate surface area is 193 Å². The number of carbonyl (C=O) groups is 3. The van der Waals surface area contributed by atoms with Gasteiger partial charge in [-0.15, -0.1) is 0 Å². The first-order valence-corrected chi connectivity index (χ1v) is 11.7. The molecule has 2 unspecified atom stereocenters. The summed E-state index contributed by atoms with van der Waals surface area (Å²) in [5.41, 5.74) is 0. The lowest BCUT2D eigenvalue weighted by Crippen LogP contribution is -2.41. The number of rotatable bonds is 11. The zero-order valence-corrected chi connectivity index (χ0v) is 21.0. The Bertz CT molecular complexity index is 679. The van der Waals surface area contributed by atoms with Crippen molar-refractivity contribution < 1.29 is 51.8 Å². The van der Waals surface area contributed by atoms with E-state index in [1.165, 1.54) is 7.05 Å². The maximum Gasteiger partial charge on any atom is 0.510 e. The van der Waals surface area contributed by atoms with E-state index < -0.39 is 56.4 Å². The number of hydroxylamine groups is 2. The number of ether oxygens (including phenoxy) is 4. The van der Waals surface area contributed by atoms with Crippen molar-refractivity contribution in [3.8, 4) is 0 Å². The molecule has 0 aromatic rings. The predicted molar refractivity (Wildman–Crippen MR) is 114 cm³/mol. The molecule has 2 N–H and O–H groups in total. The molecule has 15 heteroatoms. The van der Waals surface area contributed by atoms with Crippen LogP contribution in [-0.2, 0) is 42.2 Å². The lowest BCUT2D eigenvalue weighted by atomic mass is 10.2. The van der Waals surface area contributed by atoms with E-state index >= 15 is 0 Å². The summed E-state index contributed by atoms with van der Waals surface area (Å²) < 4.78 is 43.9. The summed E-state index contributed by atoms with van der Waals surface area (Å²) in [7, 11) is -3.43. The third-order valence-electron chi connectivity index (χ3n) is 3.35. The van der Waals surface area contributed by atoms with Crippen LogP contribution in [0.1, 0.15) is 48.5 Å². The van der Waals surface area contributed by atoms with E-state index in [0.29, 0.717) is 5.06 Å². The van der Waals surface area contributed by atoms with Crippen molar-refractivity contribution in [1.82, 2.24) is 10.2 Å². The molecular weight excluding hydrogens is 465 g/mol. The molecule has 14 nitrogen and oxygen atoms in total. The van der Waals surface area contributed by atoms with Crippen molar-refractivity contribution in [1.29, 1.82) is 5.41 Å². The van der Waals surface area contributed by atoms with Gasteiger partial charge in [0.15, 0.2) is 0 Å². The maximum atomic E-state index is 13.6. The van der Waals surface area contributed by atoms with E-state index in [-0.39, 0.29) is 13.2 Å². The number of hydrogen-bond donors (Lipinski definition) is 2. The first-order valence-electron chi connectivity index (χ1n) is 10.2. The van der Waals surface area contributed by atoms with Crippen LogP contribution in [-0.4, -0.2) is 62.1 Å². The van der Waals surface area contributed by atoms with Crippen molar-refractivity contribution in [3.63, 3.8) is 0 Å². The van der Waals surface area contributed by atoms with E-state index in [1.54, 1.807) is 41.5 Å². The molecule has 33 heavy (non-hydrogen) atoms. The molecule has 0 amide bonds. The van der Waals surface area contributed by atoms with Crippen LogP contribution in [0.2, 0.25) is 0 Å². The molecule has 0 fully saturated rings. The van der Waals surface area contributed by atoms with Crippen molar-refractivity contribution in [2.45, 2.75) is 61.0 Å². The molecule has 0 aliphatic carbocycles. The van der Waals surface area contributed by atoms with Gasteiger partial charge < -0.3 is 23.8 Å². The highest BCUT2D eigenvalue weighted by atomic mass is 31.2. The Morgan fingerprint density at radius 2 is 1.30 bits per heavy atom. The zero-order chi connectivity index (χ0) is 25.8. The largest absolute Gasteiger partial charge is 0.510 e. The van der Waals surface area contributed by atoms with Crippen LogP contribution >= 0.6 is 7.75 Å². The van der Waals surface area contributed by atoms with Gasteiger partial charge in [0.25, 0.3) is 0 Å². The van der Waals surface area contributed by atoms with Gasteiger partial charge in [0, 0.05) is 25.8 Å². The van der Waals surface area contributed by atoms with Crippen molar-refractivity contribution >= 4 is 32.0 Å². The van der Waals surface area contributed by atoms with Crippen molar-refractivity contribution in [3.05, 3.63) is 0 Å². The van der Waals surface area contributed by atoms with Gasteiger partial charge in [-0.3, -0.25) is 24.3 Å². The quantitative estimate of drug-likeness (QED) is 0.106. The smallest absolute Gasteiger partial charge is 0.435 e. The summed E-state index contributed by atoms with van der Waals surface area (Å²) in [4.78, 5) is 39.4. The van der Waals surface area contributed by atoms with Gasteiger partial charge in [-0.05, 0) is 13.8 Å². The lowest BCUT2D eigenvalue weighted by molar-refractivity contribution is -0.166. The average molecular weight is 499 g/mol. The van der Waals surface area contributed by atoms with Gasteiger partial charge >= 0.3 is 26.0 Å². The number of guanidine groups is 1. The van der Waals surface area contributed by atoms with Crippen molar-refractivity contribution in [2.24, 2.45) is 11.8 Å². The zero-order valence-electron chi connectivity index (χ0n) is 20.1. The Hall–Kier alpha value is -2.57. The molecule has 2 atom stereocenters. The second-order valence-corrected chi connectivity index (χ2v) is 8.72. The number of nitrogens with zero attached hydrogens (tertiary/aromatic N) is 1. The number of carbonyl (C=O) groups excluding carboxylic acids is 3. The first kappa shape index (κ1) is 30.4. The van der Waals surface area contributed by atoms with Crippen LogP contribution in [0.3, 0.4) is 0 Å². The summed E-state index contributed by atoms with van der Waals surface area (Å²) in [6.07, 6.45) is -5.08. The fraction of sp³-hybridized carbons (Fsp3) is 0.778. The second-order valence-electron chi connectivity index (χ2n) is 7.08. The van der Waals surface area contributed by atoms with Gasteiger partial charge in [-0.1, -0.05) is 27.7 Å². The minimum Gasteiger partial charge on any atom is -0.435 e. The fourth-order valence-electron chi connectivity index (χ4n) is 1.84. The van der Waals surface area contributed by atoms with E-state index in [4.69, 9.17) is 38.2 Å². The Balaban J connectivity index is 5.90. The van der Waals surface area contributed by atoms with Crippen LogP contribution < -0.4 is 5.09 Å². The summed E-state index contributed by atoms with van der Waals surface area (Å²) >= 11 is 0.